The first-order valence-corrected chi connectivity index (χ1v) is 7.26. The van der Waals surface area contributed by atoms with E-state index in [9.17, 15) is 12.9 Å². The lowest BCUT2D eigenvalue weighted by atomic mass is 10.3. The van der Waals surface area contributed by atoms with Gasteiger partial charge in [0.15, 0.2) is 0 Å². The van der Waals surface area contributed by atoms with Gasteiger partial charge in [0.1, 0.15) is 17.3 Å². The number of benzene rings is 1. The molecule has 8 heteroatoms. The number of sulfonamides is 1. The molecule has 0 unspecified atom stereocenters. The van der Waals surface area contributed by atoms with Crippen molar-refractivity contribution in [2.24, 2.45) is 4.99 Å². The first-order valence-electron chi connectivity index (χ1n) is 5.77. The summed E-state index contributed by atoms with van der Waals surface area (Å²) < 4.78 is 39.9. The Bertz CT molecular complexity index is 588. The van der Waals surface area contributed by atoms with E-state index in [-0.39, 0.29) is 17.1 Å². The molecule has 6 nitrogen and oxygen atoms in total. The number of hydrogen-bond donors (Lipinski definition) is 2. The van der Waals surface area contributed by atoms with Gasteiger partial charge in [-0.15, -0.1) is 0 Å². The second-order valence-electron chi connectivity index (χ2n) is 3.95. The van der Waals surface area contributed by atoms with Crippen LogP contribution in [0.1, 0.15) is 0 Å². The Morgan fingerprint density at radius 1 is 1.47 bits per heavy atom. The Kier molecular flexibility index (Phi) is 4.01. The number of nitrogens with one attached hydrogen (secondary N) is 2. The van der Waals surface area contributed by atoms with Crippen molar-refractivity contribution >= 4 is 21.5 Å². The Hall–Kier alpha value is -1.67. The molecule has 0 aliphatic carbocycles. The third kappa shape index (κ3) is 3.02. The summed E-state index contributed by atoms with van der Waals surface area (Å²) >= 11 is 0. The zero-order valence-corrected chi connectivity index (χ0v) is 11.2. The highest BCUT2D eigenvalue weighted by molar-refractivity contribution is 7.89. The molecule has 1 aliphatic rings. The largest absolute Gasteiger partial charge is 0.370 e. The van der Waals surface area contributed by atoms with E-state index in [2.05, 4.69) is 15.0 Å². The van der Waals surface area contributed by atoms with Crippen LogP contribution in [0, 0.1) is 0 Å². The standard InChI is InChI=1S/C11H15FN4O2S/c1-13-19(17,18)10-5-3-2-4-9(10)16(12)8-11-14-6-7-15-11/h2-5,13H,6-8H2,1H3,(H,14,15). The van der Waals surface area contributed by atoms with Gasteiger partial charge in [-0.2, -0.15) is 0 Å². The average molecular weight is 286 g/mol. The van der Waals surface area contributed by atoms with Gasteiger partial charge in [0.05, 0.1) is 12.2 Å². The molecule has 1 aliphatic heterocycles. The fourth-order valence-electron chi connectivity index (χ4n) is 1.76. The summed E-state index contributed by atoms with van der Waals surface area (Å²) in [5.74, 6) is 0.513. The van der Waals surface area contributed by atoms with Crippen molar-refractivity contribution in [3.8, 4) is 0 Å². The van der Waals surface area contributed by atoms with E-state index in [1.54, 1.807) is 12.1 Å². The van der Waals surface area contributed by atoms with Gasteiger partial charge in [-0.3, -0.25) is 4.99 Å². The highest BCUT2D eigenvalue weighted by Gasteiger charge is 2.21. The lowest BCUT2D eigenvalue weighted by Gasteiger charge is -2.17. The van der Waals surface area contributed by atoms with Gasteiger partial charge in [0, 0.05) is 6.54 Å². The van der Waals surface area contributed by atoms with E-state index in [0.717, 1.165) is 0 Å². The highest BCUT2D eigenvalue weighted by atomic mass is 32.2. The normalized spacial score (nSPS) is 14.9. The molecule has 0 spiro atoms. The van der Waals surface area contributed by atoms with Crippen LogP contribution < -0.4 is 15.2 Å². The van der Waals surface area contributed by atoms with E-state index in [0.29, 0.717) is 24.0 Å². The molecule has 0 atom stereocenters. The smallest absolute Gasteiger partial charge is 0.242 e. The summed E-state index contributed by atoms with van der Waals surface area (Å²) in [5.41, 5.74) is -0.00625. The molecule has 19 heavy (non-hydrogen) atoms. The zero-order valence-electron chi connectivity index (χ0n) is 10.4. The molecule has 0 aromatic heterocycles. The first kappa shape index (κ1) is 13.8. The van der Waals surface area contributed by atoms with E-state index >= 15 is 0 Å². The predicted octanol–water partition coefficient (Wildman–Crippen LogP) is 0.287. The van der Waals surface area contributed by atoms with Crippen LogP contribution in [-0.4, -0.2) is 40.9 Å². The molecule has 0 saturated heterocycles. The summed E-state index contributed by atoms with van der Waals surface area (Å²) in [6.45, 7) is 1.19. The fourth-order valence-corrected chi connectivity index (χ4v) is 2.68. The van der Waals surface area contributed by atoms with Gasteiger partial charge in [0.25, 0.3) is 0 Å². The Morgan fingerprint density at radius 3 is 2.84 bits per heavy atom. The minimum absolute atomic E-state index is 0.00625. The SMILES string of the molecule is CNS(=O)(=O)c1ccccc1N(F)CC1=NCCN1. The van der Waals surface area contributed by atoms with Crippen molar-refractivity contribution in [1.29, 1.82) is 0 Å². The maximum atomic E-state index is 14.1. The quantitative estimate of drug-likeness (QED) is 0.763. The molecule has 1 aromatic rings. The van der Waals surface area contributed by atoms with E-state index < -0.39 is 10.0 Å². The van der Waals surface area contributed by atoms with Gasteiger partial charge in [-0.25, -0.2) is 18.3 Å². The van der Waals surface area contributed by atoms with E-state index in [1.807, 2.05) is 0 Å². The number of nitrogens with zero attached hydrogens (tertiary/aromatic N) is 2. The molecule has 1 heterocycles. The van der Waals surface area contributed by atoms with Gasteiger partial charge in [0.2, 0.25) is 10.0 Å². The van der Waals surface area contributed by atoms with Crippen molar-refractivity contribution in [3.63, 3.8) is 0 Å². The number of para-hydroxylation sites is 1. The molecule has 0 radical (unpaired) electrons. The molecule has 1 aromatic carbocycles. The van der Waals surface area contributed by atoms with Crippen LogP contribution in [0.2, 0.25) is 0 Å². The van der Waals surface area contributed by atoms with Crippen LogP contribution in [-0.2, 0) is 10.0 Å². The van der Waals surface area contributed by atoms with Gasteiger partial charge >= 0.3 is 0 Å². The molecule has 0 fully saturated rings. The molecule has 2 rings (SSSR count). The molecule has 104 valence electrons. The topological polar surface area (TPSA) is 73.8 Å². The second-order valence-corrected chi connectivity index (χ2v) is 5.81. The third-order valence-corrected chi connectivity index (χ3v) is 4.18. The molecule has 0 saturated carbocycles. The summed E-state index contributed by atoms with van der Waals surface area (Å²) in [4.78, 5) is 3.97. The number of halogens is 1. The third-order valence-electron chi connectivity index (χ3n) is 2.72. The Morgan fingerprint density at radius 2 is 2.21 bits per heavy atom. The number of amidine groups is 1. The maximum Gasteiger partial charge on any atom is 0.242 e. The minimum Gasteiger partial charge on any atom is -0.370 e. The van der Waals surface area contributed by atoms with Crippen LogP contribution >= 0.6 is 0 Å². The summed E-state index contributed by atoms with van der Waals surface area (Å²) in [6.07, 6.45) is 0. The number of rotatable bonds is 5. The number of aliphatic imine (C=N–C) groups is 1. The van der Waals surface area contributed by atoms with Crippen LogP contribution in [0.5, 0.6) is 0 Å². The van der Waals surface area contributed by atoms with Gasteiger partial charge in [-0.05, 0) is 19.2 Å². The summed E-state index contributed by atoms with van der Waals surface area (Å²) in [5, 5.41) is 3.31. The number of anilines is 1. The summed E-state index contributed by atoms with van der Waals surface area (Å²) in [7, 11) is -2.41. The van der Waals surface area contributed by atoms with Crippen LogP contribution in [0.4, 0.5) is 10.2 Å². The van der Waals surface area contributed by atoms with Crippen LogP contribution in [0.25, 0.3) is 0 Å². The van der Waals surface area contributed by atoms with Crippen molar-refractivity contribution in [1.82, 2.24) is 10.0 Å². The Labute approximate surface area is 111 Å². The van der Waals surface area contributed by atoms with Crippen LogP contribution in [0.15, 0.2) is 34.2 Å². The van der Waals surface area contributed by atoms with E-state index in [4.69, 9.17) is 0 Å². The Balaban J connectivity index is 2.29. The fraction of sp³-hybridized carbons (Fsp3) is 0.364. The van der Waals surface area contributed by atoms with Crippen LogP contribution in [0.3, 0.4) is 0 Å². The molecule has 2 N–H and O–H groups in total. The average Bonchev–Trinajstić information content (AvgIpc) is 2.91. The molecule has 0 amide bonds. The maximum absolute atomic E-state index is 14.1. The lowest BCUT2D eigenvalue weighted by Crippen LogP contribution is -2.31. The first-order chi connectivity index (χ1) is 9.04. The predicted molar refractivity (Wildman–Crippen MR) is 71.4 cm³/mol. The molecular weight excluding hydrogens is 271 g/mol. The second kappa shape index (κ2) is 5.54. The van der Waals surface area contributed by atoms with Gasteiger partial charge < -0.3 is 5.32 Å². The van der Waals surface area contributed by atoms with Crippen molar-refractivity contribution in [3.05, 3.63) is 24.3 Å². The lowest BCUT2D eigenvalue weighted by molar-refractivity contribution is 0.455. The summed E-state index contributed by atoms with van der Waals surface area (Å²) in [6, 6.07) is 5.91. The minimum atomic E-state index is -3.70. The highest BCUT2D eigenvalue weighted by Crippen LogP contribution is 2.25. The molecular formula is C11H15FN4O2S. The zero-order chi connectivity index (χ0) is 13.9. The van der Waals surface area contributed by atoms with Crippen molar-refractivity contribution < 1.29 is 12.9 Å². The number of hydrogen-bond acceptors (Lipinski definition) is 5. The van der Waals surface area contributed by atoms with E-state index in [1.165, 1.54) is 19.2 Å². The molecule has 0 bridgehead atoms. The van der Waals surface area contributed by atoms with Gasteiger partial charge in [-0.1, -0.05) is 16.6 Å². The van der Waals surface area contributed by atoms with Crippen molar-refractivity contribution in [2.75, 3.05) is 31.8 Å². The van der Waals surface area contributed by atoms with Crippen molar-refractivity contribution in [2.45, 2.75) is 4.90 Å². The monoisotopic (exact) mass is 286 g/mol.